The molecule has 5 heterocycles. The van der Waals surface area contributed by atoms with Gasteiger partial charge in [0.25, 0.3) is 6.43 Å². The maximum Gasteiger partial charge on any atom is 0.407 e. The largest absolute Gasteiger partial charge is 0.465 e. The second kappa shape index (κ2) is 9.68. The molecule has 202 valence electrons. The van der Waals surface area contributed by atoms with Crippen LogP contribution in [0, 0.1) is 0 Å². The lowest BCUT2D eigenvalue weighted by atomic mass is 9.87. The molecular weight excluding hydrogens is 494 g/mol. The number of aryl methyl sites for hydroxylation is 1. The molecule has 9 nitrogen and oxygen atoms in total. The van der Waals surface area contributed by atoms with Crippen molar-refractivity contribution in [3.05, 3.63) is 46.9 Å². The first-order valence-electron chi connectivity index (χ1n) is 13.2. The monoisotopic (exact) mass is 526 g/mol. The SMILES string of the molecule is CC1CCN(c2nn(C3CCOCC3)c3c2CN(C(=O)O)CC3)c2cc(C(F)F)c(-c3cnn(C)c3)cc21. The van der Waals surface area contributed by atoms with Gasteiger partial charge in [0, 0.05) is 74.0 Å². The van der Waals surface area contributed by atoms with E-state index in [4.69, 9.17) is 9.84 Å². The fraction of sp³-hybridized carbons (Fsp3) is 0.519. The average Bonchev–Trinajstić information content (AvgIpc) is 3.52. The molecule has 11 heteroatoms. The predicted molar refractivity (Wildman–Crippen MR) is 137 cm³/mol. The topological polar surface area (TPSA) is 88.7 Å². The van der Waals surface area contributed by atoms with E-state index in [1.54, 1.807) is 30.2 Å². The highest BCUT2D eigenvalue weighted by Gasteiger charge is 2.35. The van der Waals surface area contributed by atoms with Crippen LogP contribution in [0.15, 0.2) is 24.5 Å². The van der Waals surface area contributed by atoms with Crippen LogP contribution in [0.25, 0.3) is 11.1 Å². The van der Waals surface area contributed by atoms with E-state index in [1.165, 1.54) is 4.90 Å². The quantitative estimate of drug-likeness (QED) is 0.499. The van der Waals surface area contributed by atoms with Gasteiger partial charge in [0.1, 0.15) is 0 Å². The summed E-state index contributed by atoms with van der Waals surface area (Å²) >= 11 is 0. The van der Waals surface area contributed by atoms with Crippen molar-refractivity contribution in [2.75, 3.05) is 31.2 Å². The van der Waals surface area contributed by atoms with Gasteiger partial charge in [-0.15, -0.1) is 0 Å². The number of aromatic nitrogens is 4. The minimum absolute atomic E-state index is 0.0410. The van der Waals surface area contributed by atoms with E-state index in [0.717, 1.165) is 41.8 Å². The number of alkyl halides is 2. The van der Waals surface area contributed by atoms with Crippen LogP contribution in [0.4, 0.5) is 25.1 Å². The van der Waals surface area contributed by atoms with E-state index in [2.05, 4.69) is 16.7 Å². The zero-order valence-corrected chi connectivity index (χ0v) is 21.6. The molecule has 2 aromatic heterocycles. The molecule has 0 spiro atoms. The number of halogens is 2. The molecule has 1 N–H and O–H groups in total. The van der Waals surface area contributed by atoms with E-state index < -0.39 is 12.5 Å². The van der Waals surface area contributed by atoms with Crippen molar-refractivity contribution in [2.24, 2.45) is 7.05 Å². The first kappa shape index (κ1) is 24.8. The fourth-order valence-electron chi connectivity index (χ4n) is 6.10. The number of amides is 1. The number of anilines is 2. The third-order valence-electron chi connectivity index (χ3n) is 8.18. The Labute approximate surface area is 219 Å². The highest BCUT2D eigenvalue weighted by Crippen LogP contribution is 2.46. The first-order chi connectivity index (χ1) is 18.3. The summed E-state index contributed by atoms with van der Waals surface area (Å²) in [5.74, 6) is 0.854. The van der Waals surface area contributed by atoms with E-state index in [-0.39, 0.29) is 24.1 Å². The Morgan fingerprint density at radius 1 is 1.18 bits per heavy atom. The van der Waals surface area contributed by atoms with Crippen molar-refractivity contribution in [1.82, 2.24) is 24.5 Å². The van der Waals surface area contributed by atoms with Crippen molar-refractivity contribution in [2.45, 2.75) is 57.5 Å². The fourth-order valence-corrected chi connectivity index (χ4v) is 6.10. The van der Waals surface area contributed by atoms with Gasteiger partial charge in [-0.05, 0) is 48.4 Å². The molecule has 0 bridgehead atoms. The third kappa shape index (κ3) is 4.22. The van der Waals surface area contributed by atoms with Crippen LogP contribution in [0.2, 0.25) is 0 Å². The molecule has 3 aliphatic rings. The van der Waals surface area contributed by atoms with Crippen molar-refractivity contribution >= 4 is 17.6 Å². The number of nitrogens with zero attached hydrogens (tertiary/aromatic N) is 6. The number of benzene rings is 1. The van der Waals surface area contributed by atoms with Gasteiger partial charge in [0.05, 0.1) is 18.8 Å². The molecule has 1 atom stereocenters. The van der Waals surface area contributed by atoms with Crippen LogP contribution in [-0.2, 0) is 24.8 Å². The minimum atomic E-state index is -2.66. The Morgan fingerprint density at radius 2 is 1.97 bits per heavy atom. The highest BCUT2D eigenvalue weighted by atomic mass is 19.3. The summed E-state index contributed by atoms with van der Waals surface area (Å²) in [4.78, 5) is 15.3. The summed E-state index contributed by atoms with van der Waals surface area (Å²) in [5.41, 5.74) is 4.74. The molecule has 0 aliphatic carbocycles. The normalized spacial score (nSPS) is 20.1. The number of ether oxygens (including phenoxy) is 1. The Kier molecular flexibility index (Phi) is 6.33. The Bertz CT molecular complexity index is 1360. The van der Waals surface area contributed by atoms with E-state index >= 15 is 0 Å². The van der Waals surface area contributed by atoms with Gasteiger partial charge < -0.3 is 19.6 Å². The first-order valence-corrected chi connectivity index (χ1v) is 13.2. The number of rotatable bonds is 4. The van der Waals surface area contributed by atoms with Crippen molar-refractivity contribution < 1.29 is 23.4 Å². The molecule has 0 radical (unpaired) electrons. The Balaban J connectivity index is 1.49. The molecule has 1 fully saturated rings. The second-order valence-electron chi connectivity index (χ2n) is 10.5. The lowest BCUT2D eigenvalue weighted by molar-refractivity contribution is 0.0650. The summed E-state index contributed by atoms with van der Waals surface area (Å²) in [6.45, 7) is 4.71. The molecular formula is C27H32F2N6O3. The molecule has 1 unspecified atom stereocenters. The molecule has 0 saturated carbocycles. The van der Waals surface area contributed by atoms with E-state index in [9.17, 15) is 18.7 Å². The number of fused-ring (bicyclic) bond motifs is 2. The number of hydrogen-bond acceptors (Lipinski definition) is 5. The van der Waals surface area contributed by atoms with Crippen LogP contribution < -0.4 is 4.90 Å². The van der Waals surface area contributed by atoms with Crippen molar-refractivity contribution in [3.63, 3.8) is 0 Å². The second-order valence-corrected chi connectivity index (χ2v) is 10.5. The predicted octanol–water partition coefficient (Wildman–Crippen LogP) is 5.25. The molecule has 1 aromatic carbocycles. The molecule has 3 aliphatic heterocycles. The smallest absolute Gasteiger partial charge is 0.407 e. The van der Waals surface area contributed by atoms with Gasteiger partial charge in [0.15, 0.2) is 5.82 Å². The van der Waals surface area contributed by atoms with Crippen LogP contribution in [-0.4, -0.2) is 62.0 Å². The van der Waals surface area contributed by atoms with Gasteiger partial charge in [-0.2, -0.15) is 10.2 Å². The zero-order chi connectivity index (χ0) is 26.6. The Morgan fingerprint density at radius 3 is 2.66 bits per heavy atom. The van der Waals surface area contributed by atoms with Gasteiger partial charge in [0.2, 0.25) is 0 Å². The van der Waals surface area contributed by atoms with Crippen LogP contribution in [0.5, 0.6) is 0 Å². The Hall–Kier alpha value is -3.47. The number of carbonyl (C=O) groups is 1. The van der Waals surface area contributed by atoms with Gasteiger partial charge in [-0.25, -0.2) is 13.6 Å². The lowest BCUT2D eigenvalue weighted by Crippen LogP contribution is -2.36. The average molecular weight is 527 g/mol. The molecule has 1 amide bonds. The molecule has 1 saturated heterocycles. The van der Waals surface area contributed by atoms with Crippen molar-refractivity contribution in [3.8, 4) is 11.1 Å². The lowest BCUT2D eigenvalue weighted by Gasteiger charge is -2.35. The number of hydrogen-bond donors (Lipinski definition) is 1. The summed E-state index contributed by atoms with van der Waals surface area (Å²) < 4.78 is 38.1. The van der Waals surface area contributed by atoms with Gasteiger partial charge in [-0.1, -0.05) is 6.92 Å². The van der Waals surface area contributed by atoms with Crippen molar-refractivity contribution in [1.29, 1.82) is 0 Å². The van der Waals surface area contributed by atoms with Gasteiger partial charge >= 0.3 is 6.09 Å². The standard InChI is InChI=1S/C27H32F2N6O3/c1-16-3-8-34(24-12-21(25(28)29)20(11-19(16)24)17-13-30-32(2)14-17)26-22-15-33(27(36)37)7-4-23(22)35(31-26)18-5-9-38-10-6-18/h11-14,16,18,25H,3-10,15H2,1-2H3,(H,36,37). The van der Waals surface area contributed by atoms with E-state index in [1.807, 2.05) is 11.0 Å². The van der Waals surface area contributed by atoms with E-state index in [0.29, 0.717) is 49.7 Å². The number of carboxylic acid groups (broad SMARTS) is 1. The highest BCUT2D eigenvalue weighted by molar-refractivity contribution is 5.77. The maximum absolute atomic E-state index is 14.4. The van der Waals surface area contributed by atoms with Gasteiger partial charge in [-0.3, -0.25) is 9.36 Å². The van der Waals surface area contributed by atoms with Crippen LogP contribution >= 0.6 is 0 Å². The van der Waals surface area contributed by atoms with Crippen LogP contribution in [0.3, 0.4) is 0 Å². The summed E-state index contributed by atoms with van der Waals surface area (Å²) in [6, 6.07) is 3.67. The third-order valence-corrected chi connectivity index (χ3v) is 8.18. The van der Waals surface area contributed by atoms with Crippen LogP contribution in [0.1, 0.15) is 67.0 Å². The minimum Gasteiger partial charge on any atom is -0.465 e. The molecule has 3 aromatic rings. The zero-order valence-electron chi connectivity index (χ0n) is 21.6. The molecule has 6 rings (SSSR count). The summed E-state index contributed by atoms with van der Waals surface area (Å²) in [7, 11) is 1.77. The summed E-state index contributed by atoms with van der Waals surface area (Å²) in [5, 5.41) is 19.0. The molecule has 38 heavy (non-hydrogen) atoms. The summed E-state index contributed by atoms with van der Waals surface area (Å²) in [6.07, 6.45) is 2.83. The maximum atomic E-state index is 14.4.